The van der Waals surface area contributed by atoms with Gasteiger partial charge >= 0.3 is 5.97 Å². The number of carbonyl (C=O) groups excluding carboxylic acids is 2. The molecule has 60 heavy (non-hydrogen) atoms. The summed E-state index contributed by atoms with van der Waals surface area (Å²) in [4.78, 5) is 39.7. The quantitative estimate of drug-likeness (QED) is 0.0952. The Bertz CT molecular complexity index is 2410. The molecule has 4 saturated carbocycles. The van der Waals surface area contributed by atoms with Crippen molar-refractivity contribution in [3.63, 3.8) is 0 Å². The minimum Gasteiger partial charge on any atom is -0.455 e. The summed E-state index contributed by atoms with van der Waals surface area (Å²) >= 11 is 1.51. The van der Waals surface area contributed by atoms with Gasteiger partial charge in [-0.25, -0.2) is 14.8 Å². The largest absolute Gasteiger partial charge is 0.455 e. The van der Waals surface area contributed by atoms with Gasteiger partial charge in [-0.1, -0.05) is 37.3 Å². The van der Waals surface area contributed by atoms with Crippen LogP contribution in [0.3, 0.4) is 0 Å². The fourth-order valence-electron chi connectivity index (χ4n) is 11.7. The van der Waals surface area contributed by atoms with E-state index in [1.165, 1.54) is 17.8 Å². The molecule has 5 aromatic rings. The Labute approximate surface area is 355 Å². The first kappa shape index (κ1) is 40.8. The summed E-state index contributed by atoms with van der Waals surface area (Å²) in [7, 11) is 0. The lowest BCUT2D eigenvalue weighted by Gasteiger charge is -2.69. The van der Waals surface area contributed by atoms with Crippen molar-refractivity contribution in [1.82, 2.24) is 34.8 Å². The Morgan fingerprint density at radius 2 is 1.65 bits per heavy atom. The smallest absolute Gasteiger partial charge is 0.358 e. The summed E-state index contributed by atoms with van der Waals surface area (Å²) in [5.74, 6) is -0.570. The van der Waals surface area contributed by atoms with Crippen LogP contribution in [0, 0.1) is 30.1 Å². The molecule has 0 amide bonds. The average Bonchev–Trinajstić information content (AvgIpc) is 3.75. The fraction of sp³-hybridized carbons (Fsp3) is 0.543. The lowest BCUT2D eigenvalue weighted by Crippen LogP contribution is -2.64. The number of rotatable bonds is 12. The van der Waals surface area contributed by atoms with E-state index >= 15 is 0 Å². The molecule has 10 rings (SSSR count). The number of hydrogen-bond donors (Lipinski definition) is 1. The SMILES string of the molecule is Cc1cc(C(=O)c2ccc(-c3cnn(CC45CC6(C)CC(C)(C4)CC(OCCN4CCOCC4)(C6)C5)c3C)c(C(=O)OC(C)(C)C)n2)nnc1Nc1nc2ccccc2s1. The first-order chi connectivity index (χ1) is 28.5. The van der Waals surface area contributed by atoms with Crippen molar-refractivity contribution < 1.29 is 23.8 Å². The molecule has 13 nitrogen and oxygen atoms in total. The van der Waals surface area contributed by atoms with Crippen LogP contribution in [0.4, 0.5) is 10.9 Å². The van der Waals surface area contributed by atoms with Crippen molar-refractivity contribution in [1.29, 1.82) is 0 Å². The molecule has 1 aromatic carbocycles. The lowest BCUT2D eigenvalue weighted by atomic mass is 9.39. The third kappa shape index (κ3) is 8.11. The van der Waals surface area contributed by atoms with Crippen molar-refractivity contribution in [2.45, 2.75) is 105 Å². The molecule has 316 valence electrons. The van der Waals surface area contributed by atoms with Gasteiger partial charge in [0.1, 0.15) is 17.0 Å². The second-order valence-electron chi connectivity index (χ2n) is 19.8. The number of hydrogen-bond acceptors (Lipinski definition) is 13. The molecule has 2 atom stereocenters. The number of ketones is 1. The monoisotopic (exact) mass is 832 g/mol. The first-order valence-corrected chi connectivity index (χ1v) is 22.1. The molecule has 4 bridgehead atoms. The highest BCUT2D eigenvalue weighted by Gasteiger charge is 2.66. The maximum Gasteiger partial charge on any atom is 0.358 e. The summed E-state index contributed by atoms with van der Waals surface area (Å²) in [6.07, 6.45) is 8.57. The topological polar surface area (TPSA) is 146 Å². The van der Waals surface area contributed by atoms with E-state index < -0.39 is 17.4 Å². The minimum atomic E-state index is -0.783. The number of aryl methyl sites for hydroxylation is 1. The second kappa shape index (κ2) is 15.1. The molecule has 1 saturated heterocycles. The van der Waals surface area contributed by atoms with Crippen molar-refractivity contribution in [3.05, 3.63) is 77.0 Å². The molecule has 1 N–H and O–H groups in total. The van der Waals surface area contributed by atoms with Crippen LogP contribution in [-0.4, -0.2) is 97.3 Å². The van der Waals surface area contributed by atoms with Crippen molar-refractivity contribution in [2.24, 2.45) is 16.2 Å². The minimum absolute atomic E-state index is 0.0341. The van der Waals surface area contributed by atoms with Gasteiger partial charge in [0.25, 0.3) is 0 Å². The van der Waals surface area contributed by atoms with Gasteiger partial charge in [-0.3, -0.25) is 14.4 Å². The fourth-order valence-corrected chi connectivity index (χ4v) is 12.6. The van der Waals surface area contributed by atoms with E-state index in [9.17, 15) is 9.59 Å². The molecule has 1 aliphatic heterocycles. The predicted molar refractivity (Wildman–Crippen MR) is 231 cm³/mol. The maximum absolute atomic E-state index is 14.0. The molecule has 4 aliphatic carbocycles. The Morgan fingerprint density at radius 1 is 0.900 bits per heavy atom. The molecular formula is C46H56N8O5S. The summed E-state index contributed by atoms with van der Waals surface area (Å²) in [6, 6.07) is 13.0. The van der Waals surface area contributed by atoms with Crippen LogP contribution in [0.2, 0.25) is 0 Å². The van der Waals surface area contributed by atoms with Crippen LogP contribution in [0.1, 0.15) is 111 Å². The van der Waals surface area contributed by atoms with E-state index in [1.54, 1.807) is 18.2 Å². The molecule has 0 radical (unpaired) electrons. The van der Waals surface area contributed by atoms with Gasteiger partial charge in [0.15, 0.2) is 16.6 Å². The number of esters is 1. The van der Waals surface area contributed by atoms with Crippen molar-refractivity contribution in [3.8, 4) is 11.1 Å². The molecule has 4 aromatic heterocycles. The average molecular weight is 833 g/mol. The Kier molecular flexibility index (Phi) is 10.2. The van der Waals surface area contributed by atoms with Crippen molar-refractivity contribution >= 4 is 44.3 Å². The zero-order chi connectivity index (χ0) is 42.1. The standard InChI is InChI=1S/C46H56N8O5S/c1-29-20-35(51-52-39(29)50-41-49-33-10-8-9-11-36(33)60-41)38(55)34-13-12-31(37(48-34)40(56)59-42(3,4)5)32-21-47-54(30(32)2)28-45-23-43(6)22-44(7,24-45)26-46(25-43,27-45)58-19-16-53-14-17-57-18-15-53/h8-13,20-21H,14-19,22-28H2,1-7H3,(H,49,50,52). The third-order valence-electron chi connectivity index (χ3n) is 12.9. The van der Waals surface area contributed by atoms with Crippen LogP contribution in [-0.2, 0) is 20.8 Å². The van der Waals surface area contributed by atoms with Gasteiger partial charge in [-0.2, -0.15) is 5.10 Å². The molecular weight excluding hydrogens is 777 g/mol. The number of pyridine rings is 1. The highest BCUT2D eigenvalue weighted by molar-refractivity contribution is 7.22. The Hall–Kier alpha value is -4.63. The predicted octanol–water partition coefficient (Wildman–Crippen LogP) is 8.36. The van der Waals surface area contributed by atoms with Gasteiger partial charge in [0, 0.05) is 43.0 Å². The number of nitrogens with one attached hydrogen (secondary N) is 1. The normalized spacial score (nSPS) is 26.4. The van der Waals surface area contributed by atoms with E-state index in [1.807, 2.05) is 58.2 Å². The highest BCUT2D eigenvalue weighted by Crippen LogP contribution is 2.72. The summed E-state index contributed by atoms with van der Waals surface area (Å²) in [5, 5.41) is 17.5. The molecule has 14 heteroatoms. The maximum atomic E-state index is 14.0. The van der Waals surface area contributed by atoms with E-state index in [2.05, 4.69) is 50.9 Å². The van der Waals surface area contributed by atoms with Gasteiger partial charge in [0.2, 0.25) is 5.78 Å². The van der Waals surface area contributed by atoms with Gasteiger partial charge in [-0.15, -0.1) is 10.2 Å². The van der Waals surface area contributed by atoms with Crippen LogP contribution >= 0.6 is 11.3 Å². The molecule has 5 fully saturated rings. The molecule has 5 heterocycles. The number of fused-ring (bicyclic) bond motifs is 1. The first-order valence-electron chi connectivity index (χ1n) is 21.2. The number of carbonyl (C=O) groups is 2. The van der Waals surface area contributed by atoms with Gasteiger partial charge < -0.3 is 19.5 Å². The third-order valence-corrected chi connectivity index (χ3v) is 13.9. The highest BCUT2D eigenvalue weighted by atomic mass is 32.1. The van der Waals surface area contributed by atoms with Crippen LogP contribution in [0.15, 0.2) is 48.7 Å². The number of aromatic nitrogens is 6. The van der Waals surface area contributed by atoms with E-state index in [0.29, 0.717) is 22.1 Å². The number of thiazole rings is 1. The number of morpholine rings is 1. The number of ether oxygens (including phenoxy) is 3. The van der Waals surface area contributed by atoms with Gasteiger partial charge in [0.05, 0.1) is 41.8 Å². The summed E-state index contributed by atoms with van der Waals surface area (Å²) in [6.45, 7) is 20.3. The number of nitrogens with zero attached hydrogens (tertiary/aromatic N) is 7. The summed E-state index contributed by atoms with van der Waals surface area (Å²) < 4.78 is 21.6. The van der Waals surface area contributed by atoms with Gasteiger partial charge in [-0.05, 0) is 125 Å². The second-order valence-corrected chi connectivity index (χ2v) is 20.8. The molecule has 0 spiro atoms. The van der Waals surface area contributed by atoms with E-state index in [0.717, 1.165) is 99.6 Å². The number of anilines is 2. The van der Waals surface area contributed by atoms with Crippen LogP contribution in [0.5, 0.6) is 0 Å². The zero-order valence-electron chi connectivity index (χ0n) is 35.9. The summed E-state index contributed by atoms with van der Waals surface area (Å²) in [5.41, 5.74) is 3.65. The van der Waals surface area contributed by atoms with E-state index in [-0.39, 0.29) is 38.9 Å². The lowest BCUT2D eigenvalue weighted by molar-refractivity contribution is -0.249. The van der Waals surface area contributed by atoms with E-state index in [4.69, 9.17) is 24.3 Å². The van der Waals surface area contributed by atoms with Crippen molar-refractivity contribution in [2.75, 3.05) is 44.8 Å². The number of benzene rings is 1. The Balaban J connectivity index is 0.973. The molecule has 2 unspecified atom stereocenters. The Morgan fingerprint density at radius 3 is 2.37 bits per heavy atom. The van der Waals surface area contributed by atoms with Crippen LogP contribution < -0.4 is 5.32 Å². The number of para-hydroxylation sites is 1. The zero-order valence-corrected chi connectivity index (χ0v) is 36.7. The molecule has 5 aliphatic rings. The van der Waals surface area contributed by atoms with Crippen LogP contribution in [0.25, 0.3) is 21.3 Å².